The molecule has 1 aromatic heterocycles. The van der Waals surface area contributed by atoms with E-state index in [0.29, 0.717) is 6.42 Å². The smallest absolute Gasteiger partial charge is 0.325 e. The van der Waals surface area contributed by atoms with Gasteiger partial charge in [-0.05, 0) is 42.3 Å². The molecule has 1 N–H and O–H groups in total. The van der Waals surface area contributed by atoms with Gasteiger partial charge in [0.05, 0.1) is 16.5 Å². The Labute approximate surface area is 191 Å². The van der Waals surface area contributed by atoms with Crippen molar-refractivity contribution in [3.63, 3.8) is 0 Å². The van der Waals surface area contributed by atoms with Crippen LogP contribution in [0.15, 0.2) is 88.5 Å². The number of hydrogen-bond acceptors (Lipinski definition) is 3. The van der Waals surface area contributed by atoms with Gasteiger partial charge in [-0.1, -0.05) is 48.5 Å². The number of nitrogens with zero attached hydrogens (tertiary/aromatic N) is 2. The van der Waals surface area contributed by atoms with Crippen LogP contribution in [0.2, 0.25) is 0 Å². The molecule has 0 unspecified atom stereocenters. The molecule has 3 aromatic carbocycles. The zero-order chi connectivity index (χ0) is 24.3. The van der Waals surface area contributed by atoms with E-state index in [1.807, 2.05) is 30.3 Å². The monoisotopic (exact) mass is 467 g/mol. The molecule has 0 aliphatic carbocycles. The summed E-state index contributed by atoms with van der Waals surface area (Å²) in [6.07, 6.45) is -4.12. The van der Waals surface area contributed by atoms with Crippen LogP contribution in [0.1, 0.15) is 11.1 Å². The van der Waals surface area contributed by atoms with Crippen LogP contribution in [-0.4, -0.2) is 15.0 Å². The molecular weight excluding hydrogens is 447 g/mol. The van der Waals surface area contributed by atoms with Gasteiger partial charge in [0.2, 0.25) is 5.91 Å². The van der Waals surface area contributed by atoms with Crippen molar-refractivity contribution in [3.05, 3.63) is 111 Å². The Hall–Kier alpha value is -4.14. The molecule has 0 fully saturated rings. The Morgan fingerprint density at radius 2 is 1.56 bits per heavy atom. The predicted molar refractivity (Wildman–Crippen MR) is 123 cm³/mol. The molecule has 0 atom stereocenters. The first-order chi connectivity index (χ1) is 16.2. The predicted octanol–water partition coefficient (Wildman–Crippen LogP) is 4.06. The van der Waals surface area contributed by atoms with E-state index in [0.717, 1.165) is 26.8 Å². The van der Waals surface area contributed by atoms with E-state index in [1.54, 1.807) is 24.3 Å². The molecule has 0 aliphatic heterocycles. The van der Waals surface area contributed by atoms with Crippen molar-refractivity contribution in [2.45, 2.75) is 25.7 Å². The van der Waals surface area contributed by atoms with E-state index in [-0.39, 0.29) is 23.1 Å². The minimum atomic E-state index is -4.55. The molecule has 0 radical (unpaired) electrons. The van der Waals surface area contributed by atoms with Crippen LogP contribution >= 0.6 is 0 Å². The molecule has 1 amide bonds. The fourth-order valence-electron chi connectivity index (χ4n) is 3.72. The molecular formula is C25H20F3N3O3. The summed E-state index contributed by atoms with van der Waals surface area (Å²) in [6.45, 7) is -0.358. The van der Waals surface area contributed by atoms with Crippen molar-refractivity contribution < 1.29 is 18.0 Å². The summed E-state index contributed by atoms with van der Waals surface area (Å²) >= 11 is 0. The van der Waals surface area contributed by atoms with Gasteiger partial charge in [0.1, 0.15) is 6.54 Å². The molecule has 6 nitrogen and oxygen atoms in total. The van der Waals surface area contributed by atoms with Crippen molar-refractivity contribution in [1.29, 1.82) is 0 Å². The van der Waals surface area contributed by atoms with Crippen molar-refractivity contribution in [1.82, 2.24) is 9.13 Å². The van der Waals surface area contributed by atoms with Gasteiger partial charge in [-0.2, -0.15) is 13.2 Å². The van der Waals surface area contributed by atoms with E-state index in [9.17, 15) is 27.6 Å². The van der Waals surface area contributed by atoms with Gasteiger partial charge in [-0.3, -0.25) is 18.7 Å². The van der Waals surface area contributed by atoms with E-state index in [4.69, 9.17) is 0 Å². The number of carbonyl (C=O) groups is 1. The highest BCUT2D eigenvalue weighted by molar-refractivity contribution is 5.91. The second-order valence-electron chi connectivity index (χ2n) is 7.70. The zero-order valence-corrected chi connectivity index (χ0v) is 17.9. The topological polar surface area (TPSA) is 73.1 Å². The van der Waals surface area contributed by atoms with Crippen molar-refractivity contribution in [3.8, 4) is 0 Å². The second kappa shape index (κ2) is 9.38. The number of alkyl halides is 3. The lowest BCUT2D eigenvalue weighted by Gasteiger charge is -2.15. The van der Waals surface area contributed by atoms with Crippen LogP contribution in [-0.2, 0) is 30.5 Å². The van der Waals surface area contributed by atoms with Crippen LogP contribution in [0.25, 0.3) is 10.9 Å². The van der Waals surface area contributed by atoms with E-state index < -0.39 is 35.4 Å². The number of anilines is 1. The summed E-state index contributed by atoms with van der Waals surface area (Å²) in [4.78, 5) is 38.8. The Morgan fingerprint density at radius 1 is 0.853 bits per heavy atom. The maximum absolute atomic E-state index is 13.2. The highest BCUT2D eigenvalue weighted by Crippen LogP contribution is 2.30. The molecule has 4 aromatic rings. The van der Waals surface area contributed by atoms with Gasteiger partial charge < -0.3 is 5.32 Å². The summed E-state index contributed by atoms with van der Waals surface area (Å²) < 4.78 is 41.1. The number of hydrogen-bond donors (Lipinski definition) is 1. The first kappa shape index (κ1) is 23.0. The molecule has 0 spiro atoms. The van der Waals surface area contributed by atoms with Crippen LogP contribution in [0.5, 0.6) is 0 Å². The number of aryl methyl sites for hydroxylation is 1. The quantitative estimate of drug-likeness (QED) is 0.465. The van der Waals surface area contributed by atoms with Crippen LogP contribution in [0.3, 0.4) is 0 Å². The minimum absolute atomic E-state index is 0.0467. The van der Waals surface area contributed by atoms with Gasteiger partial charge in [0.15, 0.2) is 0 Å². The van der Waals surface area contributed by atoms with Crippen molar-refractivity contribution in [2.75, 3.05) is 5.32 Å². The number of halogens is 3. The Kier molecular flexibility index (Phi) is 6.36. The lowest BCUT2D eigenvalue weighted by Crippen LogP contribution is -2.42. The van der Waals surface area contributed by atoms with E-state index in [2.05, 4.69) is 5.32 Å². The highest BCUT2D eigenvalue weighted by Gasteiger charge is 2.30. The van der Waals surface area contributed by atoms with Gasteiger partial charge in [0.25, 0.3) is 5.56 Å². The van der Waals surface area contributed by atoms with Crippen molar-refractivity contribution in [2.24, 2.45) is 0 Å². The maximum atomic E-state index is 13.2. The summed E-state index contributed by atoms with van der Waals surface area (Å²) in [6, 6.07) is 20.0. The average molecular weight is 467 g/mol. The first-order valence-electron chi connectivity index (χ1n) is 10.5. The summed E-state index contributed by atoms with van der Waals surface area (Å²) in [5.74, 6) is -0.695. The molecule has 0 aliphatic rings. The number of nitrogens with one attached hydrogen (secondary N) is 1. The Balaban J connectivity index is 1.66. The Morgan fingerprint density at radius 3 is 2.29 bits per heavy atom. The SMILES string of the molecule is O=C(Cn1c(=O)n(CCc2ccccc2)c(=O)c2ccccc21)Nc1cccc(C(F)(F)F)c1. The fourth-order valence-corrected chi connectivity index (χ4v) is 3.72. The lowest BCUT2D eigenvalue weighted by molar-refractivity contribution is -0.137. The summed E-state index contributed by atoms with van der Waals surface area (Å²) in [7, 11) is 0. The highest BCUT2D eigenvalue weighted by atomic mass is 19.4. The van der Waals surface area contributed by atoms with Gasteiger partial charge in [0, 0.05) is 12.2 Å². The molecule has 9 heteroatoms. The van der Waals surface area contributed by atoms with Crippen LogP contribution in [0, 0.1) is 0 Å². The molecule has 1 heterocycles. The average Bonchev–Trinajstić information content (AvgIpc) is 2.82. The van der Waals surface area contributed by atoms with Crippen molar-refractivity contribution >= 4 is 22.5 Å². The zero-order valence-electron chi connectivity index (χ0n) is 17.9. The lowest BCUT2D eigenvalue weighted by atomic mass is 10.1. The molecule has 174 valence electrons. The second-order valence-corrected chi connectivity index (χ2v) is 7.70. The normalized spacial score (nSPS) is 11.5. The number of aromatic nitrogens is 2. The number of benzene rings is 3. The Bertz CT molecular complexity index is 1460. The third kappa shape index (κ3) is 4.93. The van der Waals surface area contributed by atoms with Gasteiger partial charge >= 0.3 is 11.9 Å². The number of fused-ring (bicyclic) bond motifs is 1. The largest absolute Gasteiger partial charge is 0.416 e. The minimum Gasteiger partial charge on any atom is -0.325 e. The molecule has 34 heavy (non-hydrogen) atoms. The number of rotatable bonds is 6. The first-order valence-corrected chi connectivity index (χ1v) is 10.5. The molecule has 0 saturated carbocycles. The third-order valence-electron chi connectivity index (χ3n) is 5.37. The van der Waals surface area contributed by atoms with Gasteiger partial charge in [-0.25, -0.2) is 4.79 Å². The van der Waals surface area contributed by atoms with Crippen LogP contribution in [0.4, 0.5) is 18.9 Å². The number of amides is 1. The van der Waals surface area contributed by atoms with Crippen LogP contribution < -0.4 is 16.6 Å². The molecule has 0 saturated heterocycles. The summed E-state index contributed by atoms with van der Waals surface area (Å²) in [5.41, 5.74) is -0.870. The number of carbonyl (C=O) groups excluding carboxylic acids is 1. The standard InChI is InChI=1S/C25H20F3N3O3/c26-25(27,28)18-9-6-10-19(15-18)29-22(32)16-31-21-12-5-4-11-20(21)23(33)30(24(31)34)14-13-17-7-2-1-3-8-17/h1-12,15H,13-14,16H2,(H,29,32). The molecule has 4 rings (SSSR count). The summed E-state index contributed by atoms with van der Waals surface area (Å²) in [5, 5.41) is 2.67. The van der Waals surface area contributed by atoms with Gasteiger partial charge in [-0.15, -0.1) is 0 Å². The maximum Gasteiger partial charge on any atom is 0.416 e. The molecule has 0 bridgehead atoms. The van der Waals surface area contributed by atoms with E-state index in [1.165, 1.54) is 12.1 Å². The van der Waals surface area contributed by atoms with E-state index >= 15 is 0 Å². The number of para-hydroxylation sites is 1. The fraction of sp³-hybridized carbons (Fsp3) is 0.160. The third-order valence-corrected chi connectivity index (χ3v) is 5.37.